The van der Waals surface area contributed by atoms with Crippen molar-refractivity contribution in [1.29, 1.82) is 0 Å². The fraction of sp³-hybridized carbons (Fsp3) is 0.200. The summed E-state index contributed by atoms with van der Waals surface area (Å²) >= 11 is 0. The third kappa shape index (κ3) is 3.85. The number of benzene rings is 3. The van der Waals surface area contributed by atoms with Gasteiger partial charge in [0, 0.05) is 6.54 Å². The summed E-state index contributed by atoms with van der Waals surface area (Å²) in [6.07, 6.45) is 1.64. The Bertz CT molecular complexity index is 1650. The molecule has 0 fully saturated rings. The largest absolute Gasteiger partial charge is 0.493 e. The molecule has 6 rings (SSSR count). The number of hydrogen-bond acceptors (Lipinski definition) is 7. The van der Waals surface area contributed by atoms with E-state index < -0.39 is 6.04 Å². The number of rotatable bonds is 7. The Hall–Kier alpha value is -4.72. The molecule has 1 aromatic heterocycles. The number of ether oxygens (including phenoxy) is 4. The second-order valence-electron chi connectivity index (χ2n) is 9.21. The first-order valence-corrected chi connectivity index (χ1v) is 12.2. The molecule has 8 nitrogen and oxygen atoms in total. The average Bonchev–Trinajstić information content (AvgIpc) is 3.50. The molecule has 1 amide bonds. The van der Waals surface area contributed by atoms with Crippen LogP contribution in [0.15, 0.2) is 76.5 Å². The Kier molecular flexibility index (Phi) is 5.79. The van der Waals surface area contributed by atoms with Crippen molar-refractivity contribution < 1.29 is 28.2 Å². The summed E-state index contributed by atoms with van der Waals surface area (Å²) in [5.41, 5.74) is 2.89. The molecule has 0 bridgehead atoms. The third-order valence-electron chi connectivity index (χ3n) is 6.77. The first-order valence-electron chi connectivity index (χ1n) is 12.2. The molecule has 8 heteroatoms. The Morgan fingerprint density at radius 3 is 2.68 bits per heavy atom. The highest BCUT2D eigenvalue weighted by atomic mass is 16.7. The molecule has 2 aliphatic rings. The zero-order chi connectivity index (χ0) is 26.4. The summed E-state index contributed by atoms with van der Waals surface area (Å²) in [5, 5.41) is 0.435. The van der Waals surface area contributed by atoms with Gasteiger partial charge in [-0.3, -0.25) is 9.59 Å². The van der Waals surface area contributed by atoms with Gasteiger partial charge >= 0.3 is 0 Å². The number of aryl methyl sites for hydroxylation is 1. The Balaban J connectivity index is 1.51. The lowest BCUT2D eigenvalue weighted by atomic mass is 9.97. The van der Waals surface area contributed by atoms with Gasteiger partial charge in [0.05, 0.1) is 24.1 Å². The fourth-order valence-electron chi connectivity index (χ4n) is 5.00. The third-order valence-corrected chi connectivity index (χ3v) is 6.77. The molecule has 0 aliphatic carbocycles. The lowest BCUT2D eigenvalue weighted by Gasteiger charge is -2.26. The quantitative estimate of drug-likeness (QED) is 0.317. The van der Waals surface area contributed by atoms with Gasteiger partial charge < -0.3 is 28.3 Å². The van der Waals surface area contributed by atoms with Gasteiger partial charge in [0.25, 0.3) is 5.91 Å². The Morgan fingerprint density at radius 1 is 1.03 bits per heavy atom. The molecule has 0 spiro atoms. The molecule has 38 heavy (non-hydrogen) atoms. The van der Waals surface area contributed by atoms with E-state index in [9.17, 15) is 9.59 Å². The maximum absolute atomic E-state index is 13.9. The molecule has 0 radical (unpaired) electrons. The maximum atomic E-state index is 13.9. The predicted octanol–water partition coefficient (Wildman–Crippen LogP) is 5.15. The number of fused-ring (bicyclic) bond motifs is 3. The molecule has 3 heterocycles. The second-order valence-corrected chi connectivity index (χ2v) is 9.21. The molecule has 0 N–H and O–H groups in total. The number of hydrogen-bond donors (Lipinski definition) is 0. The summed E-state index contributed by atoms with van der Waals surface area (Å²) in [5.74, 6) is 1.96. The number of carbonyl (C=O) groups excluding carboxylic acids is 1. The van der Waals surface area contributed by atoms with Gasteiger partial charge in [0.15, 0.2) is 28.4 Å². The highest BCUT2D eigenvalue weighted by molar-refractivity contribution is 5.99. The van der Waals surface area contributed by atoms with Crippen molar-refractivity contribution in [3.63, 3.8) is 0 Å². The lowest BCUT2D eigenvalue weighted by Crippen LogP contribution is -2.29. The van der Waals surface area contributed by atoms with Gasteiger partial charge in [-0.05, 0) is 54.4 Å². The minimum absolute atomic E-state index is 0.0445. The van der Waals surface area contributed by atoms with Gasteiger partial charge in [-0.2, -0.15) is 0 Å². The van der Waals surface area contributed by atoms with Crippen molar-refractivity contribution >= 4 is 16.9 Å². The van der Waals surface area contributed by atoms with Crippen LogP contribution in [0.4, 0.5) is 0 Å². The van der Waals surface area contributed by atoms with E-state index in [-0.39, 0.29) is 30.4 Å². The smallest absolute Gasteiger partial charge is 0.291 e. The van der Waals surface area contributed by atoms with Crippen molar-refractivity contribution in [2.75, 3.05) is 20.5 Å². The summed E-state index contributed by atoms with van der Waals surface area (Å²) in [7, 11) is 1.54. The van der Waals surface area contributed by atoms with Crippen molar-refractivity contribution in [2.24, 2.45) is 0 Å². The van der Waals surface area contributed by atoms with Crippen molar-refractivity contribution in [1.82, 2.24) is 4.90 Å². The molecule has 2 aliphatic heterocycles. The van der Waals surface area contributed by atoms with Gasteiger partial charge in [0.1, 0.15) is 12.2 Å². The van der Waals surface area contributed by atoms with Crippen LogP contribution in [0.25, 0.3) is 11.0 Å². The van der Waals surface area contributed by atoms with Crippen LogP contribution in [-0.4, -0.2) is 31.3 Å². The number of carbonyl (C=O) groups is 1. The molecule has 1 atom stereocenters. The van der Waals surface area contributed by atoms with E-state index in [0.29, 0.717) is 51.7 Å². The van der Waals surface area contributed by atoms with E-state index in [1.54, 1.807) is 42.4 Å². The normalized spacial score (nSPS) is 15.6. The first kappa shape index (κ1) is 23.7. The van der Waals surface area contributed by atoms with Crippen LogP contribution in [0, 0.1) is 6.92 Å². The summed E-state index contributed by atoms with van der Waals surface area (Å²) in [6.45, 7) is 6.28. The predicted molar refractivity (Wildman–Crippen MR) is 140 cm³/mol. The van der Waals surface area contributed by atoms with E-state index in [1.807, 2.05) is 37.3 Å². The topological polar surface area (TPSA) is 87.4 Å². The highest BCUT2D eigenvalue weighted by Gasteiger charge is 2.43. The van der Waals surface area contributed by atoms with Gasteiger partial charge in [-0.15, -0.1) is 0 Å². The van der Waals surface area contributed by atoms with Crippen LogP contribution in [0.2, 0.25) is 0 Å². The highest BCUT2D eigenvalue weighted by Crippen LogP contribution is 2.42. The van der Waals surface area contributed by atoms with Crippen LogP contribution < -0.4 is 24.4 Å². The first-order chi connectivity index (χ1) is 18.5. The SMILES string of the molecule is C=CCOc1ccc(C2c3c(oc4ccc(C)cc4c3=O)C(=O)N2Cc2ccc3c(c2)OCO3)cc1OC. The minimum Gasteiger partial charge on any atom is -0.493 e. The average molecular weight is 512 g/mol. The van der Waals surface area contributed by atoms with E-state index in [4.69, 9.17) is 23.4 Å². The molecular formula is C30H25NO7. The zero-order valence-corrected chi connectivity index (χ0v) is 21.0. The molecule has 192 valence electrons. The molecule has 3 aromatic carbocycles. The molecule has 4 aromatic rings. The van der Waals surface area contributed by atoms with Crippen LogP contribution in [0.1, 0.15) is 38.9 Å². The molecular weight excluding hydrogens is 486 g/mol. The van der Waals surface area contributed by atoms with E-state index in [0.717, 1.165) is 11.1 Å². The van der Waals surface area contributed by atoms with E-state index in [2.05, 4.69) is 6.58 Å². The Morgan fingerprint density at radius 2 is 1.87 bits per heavy atom. The number of methoxy groups -OCH3 is 1. The second kappa shape index (κ2) is 9.30. The lowest BCUT2D eigenvalue weighted by molar-refractivity contribution is 0.0714. The maximum Gasteiger partial charge on any atom is 0.291 e. The zero-order valence-electron chi connectivity index (χ0n) is 21.0. The van der Waals surface area contributed by atoms with Crippen molar-refractivity contribution in [3.8, 4) is 23.0 Å². The molecule has 0 saturated heterocycles. The summed E-state index contributed by atoms with van der Waals surface area (Å²) in [4.78, 5) is 29.3. The van der Waals surface area contributed by atoms with Gasteiger partial charge in [0.2, 0.25) is 12.6 Å². The molecule has 0 saturated carbocycles. The van der Waals surface area contributed by atoms with Crippen molar-refractivity contribution in [3.05, 3.63) is 105 Å². The monoisotopic (exact) mass is 511 g/mol. The van der Waals surface area contributed by atoms with E-state index in [1.165, 1.54) is 0 Å². The number of nitrogens with zero attached hydrogens (tertiary/aromatic N) is 1. The van der Waals surface area contributed by atoms with Gasteiger partial charge in [-0.1, -0.05) is 36.4 Å². The fourth-order valence-corrected chi connectivity index (χ4v) is 5.00. The van der Waals surface area contributed by atoms with Crippen LogP contribution in [0.3, 0.4) is 0 Å². The van der Waals surface area contributed by atoms with E-state index >= 15 is 0 Å². The summed E-state index contributed by atoms with van der Waals surface area (Å²) < 4.78 is 28.3. The van der Waals surface area contributed by atoms with Crippen LogP contribution in [0.5, 0.6) is 23.0 Å². The number of amides is 1. The van der Waals surface area contributed by atoms with Crippen molar-refractivity contribution in [2.45, 2.75) is 19.5 Å². The standard InChI is InChI=1S/C30H25NO7/c1-4-11-35-22-10-7-19(14-24(22)34-3)27-26-28(32)20-12-17(2)5-8-21(20)38-29(26)30(33)31(27)15-18-6-9-23-25(13-18)37-16-36-23/h4-10,12-14,27H,1,11,15-16H2,2-3H3. The van der Waals surface area contributed by atoms with Gasteiger partial charge in [-0.25, -0.2) is 0 Å². The Labute approximate surface area is 218 Å². The van der Waals surface area contributed by atoms with Crippen LogP contribution in [-0.2, 0) is 6.54 Å². The minimum atomic E-state index is -0.702. The van der Waals surface area contributed by atoms with Crippen LogP contribution >= 0.6 is 0 Å². The molecule has 1 unspecified atom stereocenters. The summed E-state index contributed by atoms with van der Waals surface area (Å²) in [6, 6.07) is 15.6.